The van der Waals surface area contributed by atoms with Gasteiger partial charge in [0, 0.05) is 33.4 Å². The van der Waals surface area contributed by atoms with Gasteiger partial charge in [0.05, 0.1) is 23.1 Å². The van der Waals surface area contributed by atoms with Crippen LogP contribution in [0.3, 0.4) is 0 Å². The van der Waals surface area contributed by atoms with E-state index >= 15 is 0 Å². The van der Waals surface area contributed by atoms with Gasteiger partial charge in [0.15, 0.2) is 5.82 Å². The average Bonchev–Trinajstić information content (AvgIpc) is 3.14. The zero-order valence-corrected chi connectivity index (χ0v) is 16.6. The second kappa shape index (κ2) is 7.75. The Labute approximate surface area is 164 Å². The molecule has 2 amide bonds. The zero-order valence-electron chi connectivity index (χ0n) is 16.6. The molecule has 0 unspecified atom stereocenters. The van der Waals surface area contributed by atoms with E-state index in [1.807, 2.05) is 48.9 Å². The van der Waals surface area contributed by atoms with Crippen molar-refractivity contribution in [3.8, 4) is 0 Å². The number of hydrogen-bond donors (Lipinski definition) is 2. The van der Waals surface area contributed by atoms with Gasteiger partial charge in [0.25, 0.3) is 0 Å². The van der Waals surface area contributed by atoms with Crippen LogP contribution in [-0.2, 0) is 11.3 Å². The molecule has 3 heterocycles. The van der Waals surface area contributed by atoms with E-state index in [2.05, 4.69) is 25.9 Å². The van der Waals surface area contributed by atoms with Crippen molar-refractivity contribution in [2.45, 2.75) is 44.9 Å². The lowest BCUT2D eigenvalue weighted by atomic mass is 10.1. The van der Waals surface area contributed by atoms with Crippen LogP contribution < -0.4 is 15.5 Å². The first-order valence-corrected chi connectivity index (χ1v) is 9.73. The van der Waals surface area contributed by atoms with Crippen molar-refractivity contribution in [3.05, 3.63) is 29.7 Å². The van der Waals surface area contributed by atoms with Gasteiger partial charge in [-0.2, -0.15) is 10.2 Å². The Morgan fingerprint density at radius 3 is 2.89 bits per heavy atom. The minimum atomic E-state index is -0.274. The van der Waals surface area contributed by atoms with Crippen LogP contribution in [0.5, 0.6) is 0 Å². The summed E-state index contributed by atoms with van der Waals surface area (Å²) in [5.74, 6) is 1.34. The average molecular weight is 385 g/mol. The van der Waals surface area contributed by atoms with Crippen molar-refractivity contribution in [3.63, 3.8) is 0 Å². The van der Waals surface area contributed by atoms with E-state index in [0.717, 1.165) is 30.3 Å². The Morgan fingerprint density at radius 1 is 1.32 bits per heavy atom. The SMILES string of the molecule is Cc1cc(NC(=O)N[C@@H]2CCO[C@H]2c2ccnn2CC2CC2)c(N(C)C)nn1. The molecular formula is C19H27N7O2. The van der Waals surface area contributed by atoms with Crippen LogP contribution in [0.4, 0.5) is 16.3 Å². The first kappa shape index (κ1) is 18.7. The summed E-state index contributed by atoms with van der Waals surface area (Å²) in [6, 6.07) is 3.43. The Hall–Kier alpha value is -2.68. The van der Waals surface area contributed by atoms with E-state index in [-0.39, 0.29) is 18.2 Å². The predicted octanol–water partition coefficient (Wildman–Crippen LogP) is 2.11. The van der Waals surface area contributed by atoms with Crippen LogP contribution in [0.15, 0.2) is 18.3 Å². The molecule has 2 aromatic rings. The number of aryl methyl sites for hydroxylation is 1. The van der Waals surface area contributed by atoms with Gasteiger partial charge < -0.3 is 20.3 Å². The molecule has 0 radical (unpaired) electrons. The van der Waals surface area contributed by atoms with Crippen LogP contribution in [0.25, 0.3) is 0 Å². The molecule has 1 aliphatic carbocycles. The highest BCUT2D eigenvalue weighted by Gasteiger charge is 2.34. The second-order valence-electron chi connectivity index (χ2n) is 7.78. The van der Waals surface area contributed by atoms with Crippen LogP contribution in [0.1, 0.15) is 36.8 Å². The lowest BCUT2D eigenvalue weighted by molar-refractivity contribution is 0.0926. The number of ether oxygens (including phenoxy) is 1. The molecule has 2 fully saturated rings. The molecule has 1 saturated carbocycles. The Morgan fingerprint density at radius 2 is 2.14 bits per heavy atom. The molecule has 1 aliphatic heterocycles. The zero-order chi connectivity index (χ0) is 19.7. The van der Waals surface area contributed by atoms with Gasteiger partial charge in [0.2, 0.25) is 0 Å². The molecule has 2 aliphatic rings. The van der Waals surface area contributed by atoms with Gasteiger partial charge >= 0.3 is 6.03 Å². The molecule has 2 atom stereocenters. The Balaban J connectivity index is 1.44. The third kappa shape index (κ3) is 4.09. The third-order valence-corrected chi connectivity index (χ3v) is 5.15. The first-order chi connectivity index (χ1) is 13.5. The highest BCUT2D eigenvalue weighted by molar-refractivity contribution is 5.92. The maximum atomic E-state index is 12.7. The smallest absolute Gasteiger partial charge is 0.319 e. The molecule has 0 bridgehead atoms. The normalized spacial score (nSPS) is 21.5. The van der Waals surface area contributed by atoms with Gasteiger partial charge in [-0.1, -0.05) is 0 Å². The molecule has 2 N–H and O–H groups in total. The summed E-state index contributed by atoms with van der Waals surface area (Å²) in [5, 5.41) is 18.6. The summed E-state index contributed by atoms with van der Waals surface area (Å²) in [6.45, 7) is 3.38. The quantitative estimate of drug-likeness (QED) is 0.790. The van der Waals surface area contributed by atoms with Crippen LogP contribution in [0, 0.1) is 12.8 Å². The summed E-state index contributed by atoms with van der Waals surface area (Å²) in [6.07, 6.45) is 4.93. The lowest BCUT2D eigenvalue weighted by Gasteiger charge is -2.22. The molecule has 4 rings (SSSR count). The molecule has 9 nitrogen and oxygen atoms in total. The fourth-order valence-electron chi connectivity index (χ4n) is 3.54. The van der Waals surface area contributed by atoms with E-state index < -0.39 is 0 Å². The molecule has 0 aromatic carbocycles. The largest absolute Gasteiger partial charge is 0.370 e. The minimum Gasteiger partial charge on any atom is -0.370 e. The predicted molar refractivity (Wildman–Crippen MR) is 105 cm³/mol. The number of carbonyl (C=O) groups is 1. The molecule has 9 heteroatoms. The standard InChI is InChI=1S/C19H27N7O2/c1-12-10-15(18(24-23-12)25(2)3)22-19(27)21-14-7-9-28-17(14)16-6-8-20-26(16)11-13-4-5-13/h6,8,10,13-14,17H,4-5,7,9,11H2,1-3H3,(H2,21,22,23,27)/t14-,17-/m1/s1. The van der Waals surface area contributed by atoms with Crippen LogP contribution in [-0.4, -0.2) is 52.8 Å². The van der Waals surface area contributed by atoms with E-state index in [0.29, 0.717) is 18.1 Å². The number of amides is 2. The summed E-state index contributed by atoms with van der Waals surface area (Å²) in [5.41, 5.74) is 2.40. The lowest BCUT2D eigenvalue weighted by Crippen LogP contribution is -2.40. The van der Waals surface area contributed by atoms with E-state index in [1.165, 1.54) is 12.8 Å². The summed E-state index contributed by atoms with van der Waals surface area (Å²) >= 11 is 0. The number of rotatable bonds is 6. The number of hydrogen-bond acceptors (Lipinski definition) is 6. The monoisotopic (exact) mass is 385 g/mol. The molecule has 1 saturated heterocycles. The number of anilines is 2. The maximum Gasteiger partial charge on any atom is 0.319 e. The third-order valence-electron chi connectivity index (χ3n) is 5.15. The Bertz CT molecular complexity index is 847. The summed E-state index contributed by atoms with van der Waals surface area (Å²) in [7, 11) is 3.73. The fraction of sp³-hybridized carbons (Fsp3) is 0.579. The topological polar surface area (TPSA) is 97.2 Å². The van der Waals surface area contributed by atoms with Gasteiger partial charge in [-0.15, -0.1) is 5.10 Å². The number of nitrogens with one attached hydrogen (secondary N) is 2. The van der Waals surface area contributed by atoms with Crippen molar-refractivity contribution in [2.24, 2.45) is 5.92 Å². The van der Waals surface area contributed by atoms with E-state index in [1.54, 1.807) is 0 Å². The second-order valence-corrected chi connectivity index (χ2v) is 7.78. The Kier molecular flexibility index (Phi) is 5.17. The number of carbonyl (C=O) groups excluding carboxylic acids is 1. The first-order valence-electron chi connectivity index (χ1n) is 9.73. The van der Waals surface area contributed by atoms with Crippen LogP contribution in [0.2, 0.25) is 0 Å². The number of aromatic nitrogens is 4. The van der Waals surface area contributed by atoms with Gasteiger partial charge in [-0.05, 0) is 44.2 Å². The van der Waals surface area contributed by atoms with Crippen molar-refractivity contribution < 1.29 is 9.53 Å². The highest BCUT2D eigenvalue weighted by atomic mass is 16.5. The molecule has 150 valence electrons. The van der Waals surface area contributed by atoms with Crippen molar-refractivity contribution in [1.29, 1.82) is 0 Å². The maximum absolute atomic E-state index is 12.7. The summed E-state index contributed by atoms with van der Waals surface area (Å²) in [4.78, 5) is 14.5. The molecule has 28 heavy (non-hydrogen) atoms. The van der Waals surface area contributed by atoms with E-state index in [4.69, 9.17) is 4.74 Å². The number of nitrogens with zero attached hydrogens (tertiary/aromatic N) is 5. The van der Waals surface area contributed by atoms with Crippen molar-refractivity contribution >= 4 is 17.5 Å². The van der Waals surface area contributed by atoms with Gasteiger partial charge in [0.1, 0.15) is 6.10 Å². The van der Waals surface area contributed by atoms with E-state index in [9.17, 15) is 4.79 Å². The molecular weight excluding hydrogens is 358 g/mol. The van der Waals surface area contributed by atoms with Gasteiger partial charge in [-0.25, -0.2) is 4.79 Å². The molecule has 2 aromatic heterocycles. The van der Waals surface area contributed by atoms with Crippen molar-refractivity contribution in [1.82, 2.24) is 25.3 Å². The minimum absolute atomic E-state index is 0.103. The highest BCUT2D eigenvalue weighted by Crippen LogP contribution is 2.34. The fourth-order valence-corrected chi connectivity index (χ4v) is 3.54. The van der Waals surface area contributed by atoms with Gasteiger partial charge in [-0.3, -0.25) is 4.68 Å². The number of urea groups is 1. The molecule has 0 spiro atoms. The summed E-state index contributed by atoms with van der Waals surface area (Å²) < 4.78 is 7.98. The van der Waals surface area contributed by atoms with Crippen molar-refractivity contribution in [2.75, 3.05) is 30.9 Å². The van der Waals surface area contributed by atoms with Crippen LogP contribution >= 0.6 is 0 Å².